The van der Waals surface area contributed by atoms with E-state index in [0.717, 1.165) is 43.1 Å². The average Bonchev–Trinajstić information content (AvgIpc) is 1.06. The first-order valence-electron chi connectivity index (χ1n) is 54.7. The molecule has 0 fully saturated rings. The highest BCUT2D eigenvalue weighted by Crippen LogP contribution is 2.54. The standard InChI is InChI=1S/C22H38O.C22H34.C22H36.C21H36.C20H34.C12H10O2.C10H22.C9H20.2CH4/c1-14-15(2)17(4)20(18(5)16(14)3)23-13-12-19(21(6,7)8)22(9,10)11;1-13-14(2)16(4)19-12-17(11-18(19)15(13)3)20(21(5,6)7)22(8,9)10;1-14-15(2)17(4)19(18(5)16(14)3)12-13-20(21(6,7)8)22(9,10)11;1-13-14(2)16(4)18(17(5)15(13)3)12-19(20(6,7)8)21(9,10)11;1-12-13(2)15(4)17(16(5)14(12)3)18(19(6,7)8)20(9,10)11;13-11(12-7-4-8-14-12)9-10-5-2-1-3-6-10;1-8(9(2,3)4)10(5,6)7;1-8(2,3)7-9(4,5)6;;/h19H,12-13H2,1-11H3;11,20H,12H2,1-10H3;13H,12H2,1-11H3;19H,12H2,1-11H3;18H,1-11H3;1-8H,9H2;8H,1-7H3;7H2,1-6H3;2*1H4. The Morgan fingerprint density at radius 1 is 0.336 bits per heavy atom. The van der Waals surface area contributed by atoms with Crippen molar-refractivity contribution < 1.29 is 13.9 Å². The lowest BCUT2D eigenvalue weighted by Crippen LogP contribution is -2.34. The normalized spacial score (nSPS) is 13.0. The van der Waals surface area contributed by atoms with Gasteiger partial charge in [0.15, 0.2) is 5.76 Å². The van der Waals surface area contributed by atoms with Gasteiger partial charge in [-0.2, -0.15) is 0 Å². The Hall–Kier alpha value is -6.45. The Morgan fingerprint density at radius 2 is 0.643 bits per heavy atom. The Bertz CT molecular complexity index is 5060. The van der Waals surface area contributed by atoms with Gasteiger partial charge in [-0.05, 0) is 483 Å². The number of rotatable bonds is 13. The minimum atomic E-state index is 0. The van der Waals surface area contributed by atoms with Gasteiger partial charge < -0.3 is 9.15 Å². The van der Waals surface area contributed by atoms with Crippen molar-refractivity contribution in [2.45, 2.75) is 523 Å². The fraction of sp³-hybridized carbons (Fsp3) is 0.679. The topological polar surface area (TPSA) is 39.4 Å². The molecule has 1 aliphatic carbocycles. The lowest BCUT2D eigenvalue weighted by atomic mass is 9.61. The second-order valence-corrected chi connectivity index (χ2v) is 59.4. The van der Waals surface area contributed by atoms with Gasteiger partial charge in [-0.1, -0.05) is 366 Å². The molecule has 143 heavy (non-hydrogen) atoms. The second kappa shape index (κ2) is 52.3. The molecule has 0 saturated carbocycles. The van der Waals surface area contributed by atoms with E-state index in [1.54, 1.807) is 40.0 Å². The van der Waals surface area contributed by atoms with Gasteiger partial charge in [0.1, 0.15) is 5.75 Å². The smallest absolute Gasteiger partial charge is 0.202 e. The van der Waals surface area contributed by atoms with Crippen molar-refractivity contribution in [2.75, 3.05) is 6.61 Å². The molecule has 0 N–H and O–H groups in total. The third-order valence-corrected chi connectivity index (χ3v) is 33.0. The number of carbonyl (C=O) groups excluding carboxylic acids is 1. The van der Waals surface area contributed by atoms with Crippen molar-refractivity contribution in [3.8, 4) is 5.75 Å². The first-order valence-corrected chi connectivity index (χ1v) is 54.7. The van der Waals surface area contributed by atoms with Crippen molar-refractivity contribution in [2.24, 2.45) is 99.5 Å². The van der Waals surface area contributed by atoms with E-state index in [0.29, 0.717) is 79.2 Å². The molecular weight excluding hydrogens is 1730 g/mol. The van der Waals surface area contributed by atoms with E-state index >= 15 is 0 Å². The Morgan fingerprint density at radius 3 is 0.930 bits per heavy atom. The second-order valence-electron chi connectivity index (χ2n) is 59.4. The first kappa shape index (κ1) is 139. The molecule has 0 atom stereocenters. The Balaban J connectivity index is 0. The predicted molar refractivity (Wildman–Crippen MR) is 649 cm³/mol. The molecule has 0 bridgehead atoms. The van der Waals surface area contributed by atoms with Crippen molar-refractivity contribution >= 4 is 11.9 Å². The molecule has 816 valence electrons. The summed E-state index contributed by atoms with van der Waals surface area (Å²) in [4.78, 5) is 11.6. The Labute approximate surface area is 893 Å². The summed E-state index contributed by atoms with van der Waals surface area (Å²) in [7, 11) is 0. The summed E-state index contributed by atoms with van der Waals surface area (Å²) in [5.41, 5.74) is 51.5. The molecule has 0 spiro atoms. The molecule has 3 nitrogen and oxygen atoms in total. The summed E-state index contributed by atoms with van der Waals surface area (Å²) in [6, 6.07) is 13.0. The zero-order valence-corrected chi connectivity index (χ0v) is 106. The third-order valence-electron chi connectivity index (χ3n) is 33.0. The molecule has 0 amide bonds. The number of hydrogen-bond acceptors (Lipinski definition) is 3. The van der Waals surface area contributed by atoms with Gasteiger partial charge in [0, 0.05) is 6.42 Å². The van der Waals surface area contributed by atoms with Crippen LogP contribution in [0.2, 0.25) is 0 Å². The zero-order valence-electron chi connectivity index (χ0n) is 106. The summed E-state index contributed by atoms with van der Waals surface area (Å²) in [6.45, 7) is 156. The molecular formula is C140H238O3. The minimum absolute atomic E-state index is 0. The highest BCUT2D eigenvalue weighted by molar-refractivity contribution is 5.95. The molecule has 1 aromatic heterocycles. The Kier molecular flexibility index (Phi) is 50.7. The van der Waals surface area contributed by atoms with Crippen LogP contribution >= 0.6 is 0 Å². The van der Waals surface area contributed by atoms with Crippen LogP contribution in [0, 0.1) is 266 Å². The molecule has 1 aliphatic rings. The fourth-order valence-corrected chi connectivity index (χ4v) is 25.2. The molecule has 8 rings (SSSR count). The summed E-state index contributed by atoms with van der Waals surface area (Å²) in [5.74, 6) is 4.77. The number of benzene rings is 6. The lowest BCUT2D eigenvalue weighted by Gasteiger charge is -2.43. The summed E-state index contributed by atoms with van der Waals surface area (Å²) in [6.07, 6.45) is 12.7. The molecule has 0 unspecified atom stereocenters. The largest absolute Gasteiger partial charge is 0.493 e. The molecule has 0 aliphatic heterocycles. The van der Waals surface area contributed by atoms with Gasteiger partial charge in [0.2, 0.25) is 5.78 Å². The average molecular weight is 1970 g/mol. The van der Waals surface area contributed by atoms with E-state index < -0.39 is 0 Å². The maximum atomic E-state index is 11.6. The lowest BCUT2D eigenvalue weighted by molar-refractivity contribution is 0.0761. The SMILES string of the molecule is C.C.CC(C(C)(C)C)C(C)(C)C.CC(C)(C)CC(C)(C)C.Cc1c(C)c(C)c(C(C(C)(C)C)C(C)(C)C)c(C)c1C.Cc1c(C)c(C)c(CC(C(C)(C)C)C(C)(C)C)c(C)c1C.Cc1c(C)c(C)c(CC=C(C(C)(C)C)C(C)(C)C)c(C)c1C.Cc1c(C)c(C)c(OCCC(C(C)(C)C)C(C)(C)C)c(C)c1C.Cc1c(C)c(C)c2c(c1C)C=C(C(C(C)(C)C)C(C)(C)C)C2.O=C(Cc1ccccc1)c1ccco1. The van der Waals surface area contributed by atoms with E-state index in [2.05, 4.69) is 476 Å². The summed E-state index contributed by atoms with van der Waals surface area (Å²) >= 11 is 0. The highest BCUT2D eigenvalue weighted by Gasteiger charge is 2.43. The van der Waals surface area contributed by atoms with E-state index in [1.807, 2.05) is 30.3 Å². The van der Waals surface area contributed by atoms with Crippen LogP contribution in [0.5, 0.6) is 5.75 Å². The number of Topliss-reactive ketones (excluding diaryl/α,β-unsaturated/α-hetero) is 1. The number of allylic oxidation sites excluding steroid dienone is 3. The first-order chi connectivity index (χ1) is 62.7. The van der Waals surface area contributed by atoms with Crippen LogP contribution in [0.1, 0.15) is 509 Å². The predicted octanol–water partition coefficient (Wildman–Crippen LogP) is 44.1. The molecule has 0 radical (unpaired) electrons. The monoisotopic (exact) mass is 1970 g/mol. The van der Waals surface area contributed by atoms with Crippen LogP contribution in [-0.4, -0.2) is 12.4 Å². The van der Waals surface area contributed by atoms with Gasteiger partial charge in [0.25, 0.3) is 0 Å². The molecule has 7 aromatic rings. The van der Waals surface area contributed by atoms with Crippen LogP contribution in [0.15, 0.2) is 70.4 Å². The highest BCUT2D eigenvalue weighted by atomic mass is 16.5. The van der Waals surface area contributed by atoms with Gasteiger partial charge in [-0.3, -0.25) is 4.79 Å². The number of ether oxygens (including phenoxy) is 1. The number of hydrogen-bond donors (Lipinski definition) is 0. The molecule has 0 saturated heterocycles. The zero-order chi connectivity index (χ0) is 112. The van der Waals surface area contributed by atoms with Crippen molar-refractivity contribution in [1.82, 2.24) is 0 Å². The van der Waals surface area contributed by atoms with Gasteiger partial charge >= 0.3 is 0 Å². The van der Waals surface area contributed by atoms with Crippen LogP contribution in [0.25, 0.3) is 6.08 Å². The van der Waals surface area contributed by atoms with Gasteiger partial charge in [-0.25, -0.2) is 0 Å². The van der Waals surface area contributed by atoms with Crippen LogP contribution in [0.3, 0.4) is 0 Å². The maximum absolute atomic E-state index is 11.6. The summed E-state index contributed by atoms with van der Waals surface area (Å²) in [5, 5.41) is 0. The van der Waals surface area contributed by atoms with E-state index in [-0.39, 0.29) is 53.1 Å². The van der Waals surface area contributed by atoms with Crippen LogP contribution in [-0.2, 0) is 25.7 Å². The van der Waals surface area contributed by atoms with Crippen LogP contribution in [0.4, 0.5) is 0 Å². The van der Waals surface area contributed by atoms with Crippen molar-refractivity contribution in [3.05, 3.63) is 239 Å². The number of carbonyl (C=O) groups is 1. The van der Waals surface area contributed by atoms with Crippen molar-refractivity contribution in [1.29, 1.82) is 0 Å². The molecule has 3 heteroatoms. The molecule has 6 aromatic carbocycles. The van der Waals surface area contributed by atoms with E-state index in [1.165, 1.54) is 164 Å². The fourth-order valence-electron chi connectivity index (χ4n) is 25.2. The van der Waals surface area contributed by atoms with Gasteiger partial charge in [-0.15, -0.1) is 0 Å². The minimum Gasteiger partial charge on any atom is -0.493 e. The molecule has 1 heterocycles. The number of fused-ring (bicyclic) bond motifs is 1. The third kappa shape index (κ3) is 40.1. The van der Waals surface area contributed by atoms with E-state index in [9.17, 15) is 4.79 Å². The van der Waals surface area contributed by atoms with Crippen molar-refractivity contribution in [3.63, 3.8) is 0 Å². The number of furan rings is 1. The van der Waals surface area contributed by atoms with Gasteiger partial charge in [0.05, 0.1) is 12.9 Å². The number of ketones is 1. The quantitative estimate of drug-likeness (QED) is 0.0853. The van der Waals surface area contributed by atoms with Crippen LogP contribution < -0.4 is 4.74 Å². The van der Waals surface area contributed by atoms with E-state index in [4.69, 9.17) is 9.15 Å². The maximum Gasteiger partial charge on any atom is 0.202 e. The summed E-state index contributed by atoms with van der Waals surface area (Å²) < 4.78 is 11.3.